The van der Waals surface area contributed by atoms with E-state index in [0.29, 0.717) is 17.3 Å². The third-order valence-electron chi connectivity index (χ3n) is 3.77. The van der Waals surface area contributed by atoms with Gasteiger partial charge in [-0.25, -0.2) is 9.97 Å². The van der Waals surface area contributed by atoms with Crippen LogP contribution in [0.5, 0.6) is 0 Å². The van der Waals surface area contributed by atoms with E-state index in [9.17, 15) is 0 Å². The van der Waals surface area contributed by atoms with Gasteiger partial charge in [0.1, 0.15) is 12.0 Å². The molecule has 0 radical (unpaired) electrons. The molecule has 0 bridgehead atoms. The van der Waals surface area contributed by atoms with E-state index in [1.165, 1.54) is 6.33 Å². The lowest BCUT2D eigenvalue weighted by Crippen LogP contribution is -2.16. The fourth-order valence-corrected chi connectivity index (χ4v) is 2.61. The van der Waals surface area contributed by atoms with E-state index in [2.05, 4.69) is 44.9 Å². The lowest BCUT2D eigenvalue weighted by atomic mass is 9.99. The topological polar surface area (TPSA) is 75.9 Å². The van der Waals surface area contributed by atoms with Gasteiger partial charge in [-0.2, -0.15) is 0 Å². The van der Waals surface area contributed by atoms with Crippen LogP contribution in [-0.2, 0) is 0 Å². The minimum atomic E-state index is -0.0425. The maximum Gasteiger partial charge on any atom is 0.155 e. The van der Waals surface area contributed by atoms with Gasteiger partial charge in [0.15, 0.2) is 11.6 Å². The number of hydrogen-bond donors (Lipinski definition) is 3. The lowest BCUT2D eigenvalue weighted by Gasteiger charge is -2.22. The Balaban J connectivity index is 1.98. The molecule has 0 amide bonds. The van der Waals surface area contributed by atoms with Gasteiger partial charge >= 0.3 is 0 Å². The molecule has 4 N–H and O–H groups in total. The first kappa shape index (κ1) is 15.8. The second kappa shape index (κ2) is 7.46. The number of nitrogens with zero attached hydrogens (tertiary/aromatic N) is 2. The molecule has 0 atom stereocenters. The van der Waals surface area contributed by atoms with Crippen molar-refractivity contribution in [1.29, 1.82) is 0 Å². The summed E-state index contributed by atoms with van der Waals surface area (Å²) in [5.74, 6) is 1.27. The molecule has 3 aromatic rings. The number of anilines is 3. The summed E-state index contributed by atoms with van der Waals surface area (Å²) in [7, 11) is 0. The molecule has 0 aliphatic carbocycles. The van der Waals surface area contributed by atoms with Crippen molar-refractivity contribution in [3.63, 3.8) is 0 Å². The highest BCUT2D eigenvalue weighted by Crippen LogP contribution is 2.30. The van der Waals surface area contributed by atoms with Crippen LogP contribution in [0.4, 0.5) is 17.3 Å². The van der Waals surface area contributed by atoms with Gasteiger partial charge in [-0.15, -0.1) is 0 Å². The summed E-state index contributed by atoms with van der Waals surface area (Å²) in [6.07, 6.45) is 1.52. The van der Waals surface area contributed by atoms with E-state index in [-0.39, 0.29) is 6.04 Å². The maximum absolute atomic E-state index is 6.22. The summed E-state index contributed by atoms with van der Waals surface area (Å²) >= 11 is 0. The van der Waals surface area contributed by atoms with Gasteiger partial charge in [0, 0.05) is 6.54 Å². The van der Waals surface area contributed by atoms with E-state index in [4.69, 9.17) is 5.73 Å². The third kappa shape index (κ3) is 3.46. The third-order valence-corrected chi connectivity index (χ3v) is 3.77. The van der Waals surface area contributed by atoms with E-state index < -0.39 is 0 Å². The van der Waals surface area contributed by atoms with Gasteiger partial charge in [0.25, 0.3) is 0 Å². The normalized spacial score (nSPS) is 10.6. The van der Waals surface area contributed by atoms with Crippen molar-refractivity contribution in [3.8, 4) is 0 Å². The van der Waals surface area contributed by atoms with Crippen molar-refractivity contribution < 1.29 is 0 Å². The molecule has 24 heavy (non-hydrogen) atoms. The zero-order valence-corrected chi connectivity index (χ0v) is 13.6. The SMILES string of the molecule is CCNc1ncnc(NC(c2ccccc2)c2ccccc2)c1N. The maximum atomic E-state index is 6.22. The summed E-state index contributed by atoms with van der Waals surface area (Å²) < 4.78 is 0. The number of nitrogens with two attached hydrogens (primary N) is 1. The highest BCUT2D eigenvalue weighted by atomic mass is 15.1. The molecule has 0 saturated carbocycles. The minimum absolute atomic E-state index is 0.0425. The first-order valence-corrected chi connectivity index (χ1v) is 8.00. The fourth-order valence-electron chi connectivity index (χ4n) is 2.61. The molecule has 2 aromatic carbocycles. The Kier molecular flexibility index (Phi) is 4.91. The van der Waals surface area contributed by atoms with Gasteiger partial charge < -0.3 is 16.4 Å². The summed E-state index contributed by atoms with van der Waals surface area (Å²) in [5, 5.41) is 6.62. The van der Waals surface area contributed by atoms with Crippen molar-refractivity contribution in [2.45, 2.75) is 13.0 Å². The van der Waals surface area contributed by atoms with E-state index in [0.717, 1.165) is 17.7 Å². The van der Waals surface area contributed by atoms with Crippen LogP contribution in [0, 0.1) is 0 Å². The summed E-state index contributed by atoms with van der Waals surface area (Å²) in [6, 6.07) is 20.4. The molecule has 0 aliphatic rings. The summed E-state index contributed by atoms with van der Waals surface area (Å²) in [5.41, 5.74) is 9.04. The standard InChI is InChI=1S/C19H21N5/c1-2-21-18-16(20)19(23-13-22-18)24-17(14-9-5-3-6-10-14)15-11-7-4-8-12-15/h3-13,17H,2,20H2,1H3,(H2,21,22,23,24). The highest BCUT2D eigenvalue weighted by Gasteiger charge is 2.17. The van der Waals surface area contributed by atoms with Gasteiger partial charge in [-0.1, -0.05) is 60.7 Å². The van der Waals surface area contributed by atoms with Crippen molar-refractivity contribution in [1.82, 2.24) is 9.97 Å². The number of nitrogen functional groups attached to an aromatic ring is 1. The van der Waals surface area contributed by atoms with Gasteiger partial charge in [0.05, 0.1) is 6.04 Å². The average Bonchev–Trinajstić information content (AvgIpc) is 2.64. The number of nitrogens with one attached hydrogen (secondary N) is 2. The van der Waals surface area contributed by atoms with Crippen molar-refractivity contribution in [3.05, 3.63) is 78.1 Å². The van der Waals surface area contributed by atoms with Crippen molar-refractivity contribution >= 4 is 17.3 Å². The van der Waals surface area contributed by atoms with Crippen LogP contribution in [0.15, 0.2) is 67.0 Å². The average molecular weight is 319 g/mol. The van der Waals surface area contributed by atoms with Crippen LogP contribution in [0.1, 0.15) is 24.1 Å². The molecular formula is C19H21N5. The zero-order valence-electron chi connectivity index (χ0n) is 13.6. The highest BCUT2D eigenvalue weighted by molar-refractivity contribution is 5.74. The van der Waals surface area contributed by atoms with Gasteiger partial charge in [-0.05, 0) is 18.1 Å². The molecule has 122 valence electrons. The predicted molar refractivity (Wildman–Crippen MR) is 99.0 cm³/mol. The zero-order chi connectivity index (χ0) is 16.8. The van der Waals surface area contributed by atoms with Gasteiger partial charge in [0.2, 0.25) is 0 Å². The number of rotatable bonds is 6. The van der Waals surface area contributed by atoms with Gasteiger partial charge in [-0.3, -0.25) is 0 Å². The van der Waals surface area contributed by atoms with E-state index in [1.807, 2.05) is 43.3 Å². The molecule has 0 saturated heterocycles. The Morgan fingerprint density at radius 1 is 0.875 bits per heavy atom. The Bertz CT molecular complexity index is 735. The number of aromatic nitrogens is 2. The molecule has 1 aromatic heterocycles. The largest absolute Gasteiger partial charge is 0.393 e. The number of benzene rings is 2. The molecular weight excluding hydrogens is 298 g/mol. The Labute approximate surface area is 142 Å². The molecule has 1 heterocycles. The van der Waals surface area contributed by atoms with Crippen molar-refractivity contribution in [2.24, 2.45) is 0 Å². The molecule has 3 rings (SSSR count). The summed E-state index contributed by atoms with van der Waals surface area (Å²) in [4.78, 5) is 8.52. The van der Waals surface area contributed by atoms with E-state index in [1.54, 1.807) is 0 Å². The molecule has 0 aliphatic heterocycles. The first-order chi connectivity index (χ1) is 11.8. The second-order valence-electron chi connectivity index (χ2n) is 5.41. The Morgan fingerprint density at radius 3 is 1.96 bits per heavy atom. The van der Waals surface area contributed by atoms with Crippen LogP contribution in [0.3, 0.4) is 0 Å². The molecule has 5 heteroatoms. The Morgan fingerprint density at radius 2 is 1.42 bits per heavy atom. The molecule has 5 nitrogen and oxygen atoms in total. The van der Waals surface area contributed by atoms with E-state index >= 15 is 0 Å². The van der Waals surface area contributed by atoms with Crippen molar-refractivity contribution in [2.75, 3.05) is 22.9 Å². The first-order valence-electron chi connectivity index (χ1n) is 8.00. The molecule has 0 spiro atoms. The fraction of sp³-hybridized carbons (Fsp3) is 0.158. The minimum Gasteiger partial charge on any atom is -0.393 e. The quantitative estimate of drug-likeness (QED) is 0.646. The van der Waals surface area contributed by atoms with Crippen LogP contribution >= 0.6 is 0 Å². The number of hydrogen-bond acceptors (Lipinski definition) is 5. The van der Waals surface area contributed by atoms with Crippen LogP contribution < -0.4 is 16.4 Å². The smallest absolute Gasteiger partial charge is 0.155 e. The molecule has 0 unspecified atom stereocenters. The monoisotopic (exact) mass is 319 g/mol. The van der Waals surface area contributed by atoms with Crippen LogP contribution in [0.2, 0.25) is 0 Å². The lowest BCUT2D eigenvalue weighted by molar-refractivity contribution is 0.923. The second-order valence-corrected chi connectivity index (χ2v) is 5.41. The van der Waals surface area contributed by atoms with Crippen LogP contribution in [0.25, 0.3) is 0 Å². The predicted octanol–water partition coefficient (Wildman–Crippen LogP) is 3.69. The molecule has 0 fully saturated rings. The van der Waals surface area contributed by atoms with Crippen LogP contribution in [-0.4, -0.2) is 16.5 Å². The Hall–Kier alpha value is -3.08. The summed E-state index contributed by atoms with van der Waals surface area (Å²) in [6.45, 7) is 2.76.